The number of rotatable bonds is 0. The first-order chi connectivity index (χ1) is 15.0. The van der Waals surface area contributed by atoms with Crippen LogP contribution in [0, 0.1) is 6.92 Å². The van der Waals surface area contributed by atoms with E-state index in [0.29, 0.717) is 18.7 Å². The van der Waals surface area contributed by atoms with E-state index in [9.17, 15) is 9.90 Å². The number of aliphatic hydroxyl groups excluding tert-OH is 1. The quantitative estimate of drug-likeness (QED) is 0.463. The Morgan fingerprint density at radius 3 is 2.71 bits per heavy atom. The molecular formula is C24H23N5O2. The molecule has 0 saturated carbocycles. The predicted molar refractivity (Wildman–Crippen MR) is 119 cm³/mol. The molecule has 1 aliphatic rings. The van der Waals surface area contributed by atoms with Crippen molar-refractivity contribution in [1.29, 1.82) is 0 Å². The van der Waals surface area contributed by atoms with Crippen LogP contribution in [-0.2, 0) is 19.5 Å². The molecule has 7 heteroatoms. The topological polar surface area (TPSA) is 85.0 Å². The highest BCUT2D eigenvalue weighted by Crippen LogP contribution is 2.22. The number of hydrogen-bond donors (Lipinski definition) is 2. The number of benzene rings is 2. The Balaban J connectivity index is 1.63. The molecule has 31 heavy (non-hydrogen) atoms. The number of aromatic nitrogens is 4. The van der Waals surface area contributed by atoms with Gasteiger partial charge in [0.05, 0.1) is 17.9 Å². The van der Waals surface area contributed by atoms with Gasteiger partial charge in [-0.2, -0.15) is 10.2 Å². The van der Waals surface area contributed by atoms with Gasteiger partial charge in [-0.05, 0) is 42.7 Å². The normalized spacial score (nSPS) is 15.7. The Labute approximate surface area is 179 Å². The lowest BCUT2D eigenvalue weighted by molar-refractivity contribution is 0.206. The third-order valence-electron chi connectivity index (χ3n) is 5.49. The molecule has 1 atom stereocenters. The van der Waals surface area contributed by atoms with E-state index in [0.717, 1.165) is 40.3 Å². The van der Waals surface area contributed by atoms with Gasteiger partial charge in [0.1, 0.15) is 5.82 Å². The molecule has 6 bridgehead atoms. The third-order valence-corrected chi connectivity index (χ3v) is 5.49. The summed E-state index contributed by atoms with van der Waals surface area (Å²) in [4.78, 5) is 12.4. The molecule has 2 aromatic heterocycles. The maximum Gasteiger partial charge on any atom is 0.267 e. The minimum atomic E-state index is -0.901. The van der Waals surface area contributed by atoms with Crippen LogP contribution in [0.25, 0.3) is 11.3 Å². The first-order valence-electron chi connectivity index (χ1n) is 10.3. The standard InChI is InChI=1S/C24H23N5O2/c1-16-12-22-25-24(31)20-7-3-5-18(14-20)15-29-23(30)9-8-21(27-29)19-6-2-4-17(13-19)10-11-28(22)26-16/h2-9,12-14,24-25,31H,10-11,15H2,1H3. The van der Waals surface area contributed by atoms with E-state index in [2.05, 4.69) is 27.6 Å². The second kappa shape index (κ2) is 7.85. The molecule has 1 aliphatic heterocycles. The summed E-state index contributed by atoms with van der Waals surface area (Å²) in [7, 11) is 0. The molecule has 0 radical (unpaired) electrons. The van der Waals surface area contributed by atoms with Crippen LogP contribution in [0.15, 0.2) is 71.5 Å². The van der Waals surface area contributed by atoms with E-state index in [4.69, 9.17) is 0 Å². The van der Waals surface area contributed by atoms with Crippen LogP contribution in [0.5, 0.6) is 0 Å². The molecule has 0 fully saturated rings. The number of nitrogens with one attached hydrogen (secondary N) is 1. The van der Waals surface area contributed by atoms with Gasteiger partial charge in [0.2, 0.25) is 0 Å². The third kappa shape index (κ3) is 4.00. The van der Waals surface area contributed by atoms with E-state index in [1.807, 2.05) is 54.1 Å². The van der Waals surface area contributed by atoms with Crippen molar-refractivity contribution in [2.24, 2.45) is 0 Å². The van der Waals surface area contributed by atoms with Crippen molar-refractivity contribution in [1.82, 2.24) is 19.6 Å². The van der Waals surface area contributed by atoms with Gasteiger partial charge >= 0.3 is 0 Å². The van der Waals surface area contributed by atoms with Crippen LogP contribution in [0.3, 0.4) is 0 Å². The fraction of sp³-hybridized carbons (Fsp3) is 0.208. The van der Waals surface area contributed by atoms with Gasteiger partial charge in [0, 0.05) is 29.8 Å². The Hall–Kier alpha value is -3.71. The Morgan fingerprint density at radius 1 is 0.968 bits per heavy atom. The van der Waals surface area contributed by atoms with Crippen molar-refractivity contribution in [3.63, 3.8) is 0 Å². The van der Waals surface area contributed by atoms with Gasteiger partial charge < -0.3 is 10.4 Å². The number of fused-ring (bicyclic) bond motifs is 8. The molecule has 0 aliphatic carbocycles. The maximum absolute atomic E-state index is 12.4. The van der Waals surface area contributed by atoms with Gasteiger partial charge in [-0.15, -0.1) is 0 Å². The first kappa shape index (κ1) is 19.3. The number of aryl methyl sites for hydroxylation is 3. The molecule has 7 nitrogen and oxygen atoms in total. The van der Waals surface area contributed by atoms with E-state index in [-0.39, 0.29) is 5.56 Å². The lowest BCUT2D eigenvalue weighted by Crippen LogP contribution is -2.23. The summed E-state index contributed by atoms with van der Waals surface area (Å²) in [5.74, 6) is 0.766. The monoisotopic (exact) mass is 413 g/mol. The molecule has 0 spiro atoms. The molecule has 4 aromatic rings. The van der Waals surface area contributed by atoms with Gasteiger partial charge in [-0.1, -0.05) is 36.4 Å². The predicted octanol–water partition coefficient (Wildman–Crippen LogP) is 3.12. The van der Waals surface area contributed by atoms with Crippen LogP contribution in [0.4, 0.5) is 5.82 Å². The zero-order chi connectivity index (χ0) is 21.4. The lowest BCUT2D eigenvalue weighted by Gasteiger charge is -2.17. The SMILES string of the molecule is Cc1cc2n(n1)CCc1cccc(c1)-c1ccc(=O)n(n1)Cc1cccc(c1)C(O)N2. The van der Waals surface area contributed by atoms with Gasteiger partial charge in [-0.3, -0.25) is 4.79 Å². The fourth-order valence-corrected chi connectivity index (χ4v) is 3.93. The molecule has 5 rings (SSSR count). The smallest absolute Gasteiger partial charge is 0.267 e. The molecule has 2 aromatic carbocycles. The van der Waals surface area contributed by atoms with Crippen molar-refractivity contribution < 1.29 is 5.11 Å². The van der Waals surface area contributed by atoms with E-state index >= 15 is 0 Å². The van der Waals surface area contributed by atoms with Crippen LogP contribution in [-0.4, -0.2) is 24.7 Å². The zero-order valence-corrected chi connectivity index (χ0v) is 17.2. The number of hydrogen-bond acceptors (Lipinski definition) is 5. The van der Waals surface area contributed by atoms with Crippen LogP contribution in [0.1, 0.15) is 28.6 Å². The average molecular weight is 413 g/mol. The average Bonchev–Trinajstić information content (AvgIpc) is 3.12. The highest BCUT2D eigenvalue weighted by Gasteiger charge is 2.14. The summed E-state index contributed by atoms with van der Waals surface area (Å²) in [6.07, 6.45) is -0.128. The summed E-state index contributed by atoms with van der Waals surface area (Å²) < 4.78 is 3.35. The van der Waals surface area contributed by atoms with E-state index in [1.54, 1.807) is 12.1 Å². The van der Waals surface area contributed by atoms with Crippen LogP contribution >= 0.6 is 0 Å². The van der Waals surface area contributed by atoms with Crippen molar-refractivity contribution in [3.8, 4) is 11.3 Å². The number of aliphatic hydroxyl groups is 1. The molecule has 156 valence electrons. The fourth-order valence-electron chi connectivity index (χ4n) is 3.93. The van der Waals surface area contributed by atoms with Gasteiger partial charge in [0.15, 0.2) is 6.23 Å². The van der Waals surface area contributed by atoms with Crippen molar-refractivity contribution >= 4 is 5.82 Å². The summed E-state index contributed by atoms with van der Waals surface area (Å²) in [6.45, 7) is 2.93. The molecular weight excluding hydrogens is 390 g/mol. The van der Waals surface area contributed by atoms with Crippen molar-refractivity contribution in [2.45, 2.75) is 32.7 Å². The number of anilines is 1. The highest BCUT2D eigenvalue weighted by molar-refractivity contribution is 5.59. The zero-order valence-electron chi connectivity index (χ0n) is 17.2. The maximum atomic E-state index is 12.4. The van der Waals surface area contributed by atoms with Gasteiger partial charge in [-0.25, -0.2) is 9.36 Å². The Kier molecular flexibility index (Phi) is 4.88. The van der Waals surface area contributed by atoms with Crippen LogP contribution in [0.2, 0.25) is 0 Å². The minimum absolute atomic E-state index is 0.163. The lowest BCUT2D eigenvalue weighted by atomic mass is 10.1. The number of nitrogens with zero attached hydrogens (tertiary/aromatic N) is 4. The van der Waals surface area contributed by atoms with E-state index < -0.39 is 6.23 Å². The largest absolute Gasteiger partial charge is 0.369 e. The second-order valence-corrected chi connectivity index (χ2v) is 7.85. The highest BCUT2D eigenvalue weighted by atomic mass is 16.3. The first-order valence-corrected chi connectivity index (χ1v) is 10.3. The molecule has 0 amide bonds. The van der Waals surface area contributed by atoms with Crippen molar-refractivity contribution in [3.05, 3.63) is 99.5 Å². The Morgan fingerprint density at radius 2 is 1.81 bits per heavy atom. The second-order valence-electron chi connectivity index (χ2n) is 7.85. The minimum Gasteiger partial charge on any atom is -0.369 e. The molecule has 1 unspecified atom stereocenters. The van der Waals surface area contributed by atoms with Gasteiger partial charge in [0.25, 0.3) is 5.56 Å². The summed E-state index contributed by atoms with van der Waals surface area (Å²) in [5.41, 5.74) is 5.19. The van der Waals surface area contributed by atoms with E-state index in [1.165, 1.54) is 4.68 Å². The summed E-state index contributed by atoms with van der Waals surface area (Å²) in [6, 6.07) is 21.0. The summed E-state index contributed by atoms with van der Waals surface area (Å²) in [5, 5.41) is 23.2. The Bertz CT molecular complexity index is 1310. The molecule has 3 heterocycles. The van der Waals surface area contributed by atoms with Crippen LogP contribution < -0.4 is 10.9 Å². The van der Waals surface area contributed by atoms with Crippen molar-refractivity contribution in [2.75, 3.05) is 5.32 Å². The molecule has 2 N–H and O–H groups in total. The molecule has 0 saturated heterocycles. The summed E-state index contributed by atoms with van der Waals surface area (Å²) >= 11 is 0.